The molecule has 0 aliphatic carbocycles. The fraction of sp³-hybridized carbons (Fsp3) is 0.368. The first-order chi connectivity index (χ1) is 13.4. The van der Waals surface area contributed by atoms with Crippen LogP contribution in [0.3, 0.4) is 0 Å². The normalized spacial score (nSPS) is 14.5. The summed E-state index contributed by atoms with van der Waals surface area (Å²) < 4.78 is 6.52. The largest absolute Gasteiger partial charge is 0.419 e. The maximum atomic E-state index is 12.6. The number of urea groups is 1. The average molecular weight is 382 g/mol. The van der Waals surface area contributed by atoms with Gasteiger partial charge in [-0.1, -0.05) is 0 Å². The monoisotopic (exact) mass is 382 g/mol. The number of benzene rings is 1. The van der Waals surface area contributed by atoms with Crippen molar-refractivity contribution in [3.63, 3.8) is 0 Å². The number of oxazole rings is 1. The second-order valence-corrected chi connectivity index (χ2v) is 6.96. The number of hydrogen-bond acceptors (Lipinski definition) is 6. The van der Waals surface area contributed by atoms with Crippen molar-refractivity contribution in [1.29, 1.82) is 0 Å². The van der Waals surface area contributed by atoms with Gasteiger partial charge in [0.25, 0.3) is 0 Å². The predicted octanol–water partition coefficient (Wildman–Crippen LogP) is 1.89. The van der Waals surface area contributed by atoms with E-state index in [1.807, 2.05) is 19.9 Å². The first kappa shape index (κ1) is 18.0. The molecule has 0 spiro atoms. The van der Waals surface area contributed by atoms with Crippen LogP contribution in [0.25, 0.3) is 11.1 Å². The van der Waals surface area contributed by atoms with E-state index in [2.05, 4.69) is 20.2 Å². The third-order valence-corrected chi connectivity index (χ3v) is 4.86. The van der Waals surface area contributed by atoms with Gasteiger partial charge < -0.3 is 19.5 Å². The number of nitrogens with one attached hydrogen (secondary N) is 1. The minimum atomic E-state index is -0.428. The summed E-state index contributed by atoms with van der Waals surface area (Å²) in [5.74, 6) is 0.284. The molecular formula is C19H22N6O3. The van der Waals surface area contributed by atoms with E-state index >= 15 is 0 Å². The molecule has 1 aromatic carbocycles. The maximum absolute atomic E-state index is 12.6. The molecule has 0 saturated carbocycles. The molecule has 0 atom stereocenters. The molecule has 1 fully saturated rings. The lowest BCUT2D eigenvalue weighted by molar-refractivity contribution is 0.208. The van der Waals surface area contributed by atoms with Gasteiger partial charge in [0.05, 0.1) is 5.52 Å². The van der Waals surface area contributed by atoms with Crippen LogP contribution in [0.1, 0.15) is 11.4 Å². The van der Waals surface area contributed by atoms with Gasteiger partial charge in [0.1, 0.15) is 0 Å². The first-order valence-corrected chi connectivity index (χ1v) is 9.13. The van der Waals surface area contributed by atoms with Gasteiger partial charge in [-0.2, -0.15) is 0 Å². The van der Waals surface area contributed by atoms with Crippen molar-refractivity contribution in [2.24, 2.45) is 7.05 Å². The lowest BCUT2D eigenvalue weighted by atomic mass is 10.3. The summed E-state index contributed by atoms with van der Waals surface area (Å²) in [7, 11) is 1.63. The van der Waals surface area contributed by atoms with Gasteiger partial charge in [0.15, 0.2) is 5.58 Å². The van der Waals surface area contributed by atoms with Crippen LogP contribution in [0.2, 0.25) is 0 Å². The molecule has 28 heavy (non-hydrogen) atoms. The highest BCUT2D eigenvalue weighted by atomic mass is 16.4. The molecule has 0 unspecified atom stereocenters. The molecule has 2 amide bonds. The molecule has 1 aliphatic rings. The SMILES string of the molecule is Cc1cc(C)nc(N2CCN(C(=O)Nc3ccc4oc(=O)n(C)c4c3)CC2)n1. The van der Waals surface area contributed by atoms with Crippen LogP contribution in [0.4, 0.5) is 16.4 Å². The Morgan fingerprint density at radius 2 is 1.75 bits per heavy atom. The number of nitrogens with zero attached hydrogens (tertiary/aromatic N) is 5. The molecule has 9 nitrogen and oxygen atoms in total. The second-order valence-electron chi connectivity index (χ2n) is 6.96. The van der Waals surface area contributed by atoms with Crippen molar-refractivity contribution in [3.05, 3.63) is 46.2 Å². The molecule has 3 aromatic rings. The van der Waals surface area contributed by atoms with Crippen LogP contribution in [-0.4, -0.2) is 51.6 Å². The third kappa shape index (κ3) is 3.42. The van der Waals surface area contributed by atoms with E-state index in [9.17, 15) is 9.59 Å². The van der Waals surface area contributed by atoms with Crippen LogP contribution in [0.15, 0.2) is 33.5 Å². The van der Waals surface area contributed by atoms with Gasteiger partial charge in [-0.05, 0) is 38.1 Å². The van der Waals surface area contributed by atoms with Crippen LogP contribution < -0.4 is 16.0 Å². The Hall–Kier alpha value is -3.36. The number of aryl methyl sites for hydroxylation is 3. The third-order valence-electron chi connectivity index (χ3n) is 4.86. The minimum absolute atomic E-state index is 0.172. The molecule has 146 valence electrons. The smallest absolute Gasteiger partial charge is 0.408 e. The summed E-state index contributed by atoms with van der Waals surface area (Å²) in [5, 5.41) is 2.89. The molecule has 2 aromatic heterocycles. The molecular weight excluding hydrogens is 360 g/mol. The standard InChI is InChI=1S/C19H22N6O3/c1-12-10-13(2)21-17(20-12)24-6-8-25(9-7-24)18(26)22-14-4-5-16-15(11-14)23(3)19(27)28-16/h4-5,10-11H,6-9H2,1-3H3,(H,22,26). The van der Waals surface area contributed by atoms with Crippen molar-refractivity contribution < 1.29 is 9.21 Å². The Bertz CT molecular complexity index is 1070. The van der Waals surface area contributed by atoms with Gasteiger partial charge in [-0.3, -0.25) is 4.57 Å². The number of fused-ring (bicyclic) bond motifs is 1. The van der Waals surface area contributed by atoms with Crippen molar-refractivity contribution in [2.75, 3.05) is 36.4 Å². The molecule has 0 bridgehead atoms. The zero-order valence-electron chi connectivity index (χ0n) is 16.1. The van der Waals surface area contributed by atoms with Crippen LogP contribution in [0.5, 0.6) is 0 Å². The number of carbonyl (C=O) groups excluding carboxylic acids is 1. The van der Waals surface area contributed by atoms with Gasteiger partial charge in [-0.15, -0.1) is 0 Å². The molecule has 4 rings (SSSR count). The van der Waals surface area contributed by atoms with Crippen molar-refractivity contribution >= 4 is 28.8 Å². The molecule has 0 radical (unpaired) electrons. The van der Waals surface area contributed by atoms with E-state index in [1.165, 1.54) is 4.57 Å². The van der Waals surface area contributed by atoms with E-state index in [-0.39, 0.29) is 6.03 Å². The first-order valence-electron chi connectivity index (χ1n) is 9.13. The Morgan fingerprint density at radius 3 is 2.43 bits per heavy atom. The quantitative estimate of drug-likeness (QED) is 0.727. The number of carbonyl (C=O) groups is 1. The van der Waals surface area contributed by atoms with Crippen molar-refractivity contribution in [1.82, 2.24) is 19.4 Å². The summed E-state index contributed by atoms with van der Waals surface area (Å²) in [6.07, 6.45) is 0. The van der Waals surface area contributed by atoms with Crippen LogP contribution in [0, 0.1) is 13.8 Å². The minimum Gasteiger partial charge on any atom is -0.408 e. The topological polar surface area (TPSA) is 96.5 Å². The van der Waals surface area contributed by atoms with E-state index < -0.39 is 5.76 Å². The summed E-state index contributed by atoms with van der Waals surface area (Å²) in [5.41, 5.74) is 3.62. The zero-order valence-corrected chi connectivity index (χ0v) is 16.1. The molecule has 1 saturated heterocycles. The van der Waals surface area contributed by atoms with E-state index in [0.717, 1.165) is 11.4 Å². The van der Waals surface area contributed by atoms with Gasteiger partial charge in [0.2, 0.25) is 5.95 Å². The number of aromatic nitrogens is 3. The average Bonchev–Trinajstić information content (AvgIpc) is 2.95. The molecule has 3 heterocycles. The predicted molar refractivity (Wildman–Crippen MR) is 106 cm³/mol. The van der Waals surface area contributed by atoms with Crippen LogP contribution >= 0.6 is 0 Å². The van der Waals surface area contributed by atoms with Gasteiger partial charge in [0, 0.05) is 50.3 Å². The Labute approximate surface area is 161 Å². The second kappa shape index (κ2) is 6.99. The molecule has 9 heteroatoms. The molecule has 1 aliphatic heterocycles. The highest BCUT2D eigenvalue weighted by Gasteiger charge is 2.23. The fourth-order valence-corrected chi connectivity index (χ4v) is 3.37. The highest BCUT2D eigenvalue weighted by Crippen LogP contribution is 2.19. The summed E-state index contributed by atoms with van der Waals surface area (Å²) in [6, 6.07) is 6.91. The summed E-state index contributed by atoms with van der Waals surface area (Å²) in [6.45, 7) is 6.41. The van der Waals surface area contributed by atoms with E-state index in [0.29, 0.717) is 48.9 Å². The fourth-order valence-electron chi connectivity index (χ4n) is 3.37. The maximum Gasteiger partial charge on any atom is 0.419 e. The van der Waals surface area contributed by atoms with Crippen molar-refractivity contribution in [3.8, 4) is 0 Å². The van der Waals surface area contributed by atoms with Crippen LogP contribution in [-0.2, 0) is 7.05 Å². The Balaban J connectivity index is 1.41. The van der Waals surface area contributed by atoms with Crippen molar-refractivity contribution in [2.45, 2.75) is 13.8 Å². The molecule has 1 N–H and O–H groups in total. The Kier molecular flexibility index (Phi) is 4.50. The Morgan fingerprint density at radius 1 is 1.07 bits per heavy atom. The summed E-state index contributed by atoms with van der Waals surface area (Å²) >= 11 is 0. The number of anilines is 2. The lowest BCUT2D eigenvalue weighted by Gasteiger charge is -2.34. The summed E-state index contributed by atoms with van der Waals surface area (Å²) in [4.78, 5) is 37.1. The number of amides is 2. The number of rotatable bonds is 2. The van der Waals surface area contributed by atoms with E-state index in [4.69, 9.17) is 4.42 Å². The highest BCUT2D eigenvalue weighted by molar-refractivity contribution is 5.91. The lowest BCUT2D eigenvalue weighted by Crippen LogP contribution is -2.50. The van der Waals surface area contributed by atoms with Gasteiger partial charge >= 0.3 is 11.8 Å². The number of piperazine rings is 1. The van der Waals surface area contributed by atoms with Gasteiger partial charge in [-0.25, -0.2) is 19.6 Å². The zero-order chi connectivity index (χ0) is 19.8. The number of hydrogen-bond donors (Lipinski definition) is 1. The van der Waals surface area contributed by atoms with E-state index in [1.54, 1.807) is 30.1 Å².